The summed E-state index contributed by atoms with van der Waals surface area (Å²) in [5.74, 6) is 1.03. The van der Waals surface area contributed by atoms with E-state index in [2.05, 4.69) is 59.7 Å². The molecule has 2 aliphatic rings. The molecule has 1 heterocycles. The summed E-state index contributed by atoms with van der Waals surface area (Å²) < 4.78 is 31.2. The Labute approximate surface area is 240 Å². The van der Waals surface area contributed by atoms with Crippen LogP contribution in [0.15, 0.2) is 107 Å². The first-order valence-electron chi connectivity index (χ1n) is 13.3. The smallest absolute Gasteiger partial charge is 0.339 e. The second-order valence-corrected chi connectivity index (χ2v) is 12.4. The van der Waals surface area contributed by atoms with Crippen molar-refractivity contribution < 1.29 is 12.6 Å². The minimum Gasteiger partial charge on any atom is -0.378 e. The lowest BCUT2D eigenvalue weighted by Crippen LogP contribution is -2.29. The van der Waals surface area contributed by atoms with Gasteiger partial charge in [0.05, 0.1) is 11.7 Å². The SMILES string of the molecule is Cc1ccc(S(=O)(=O)Oc2ccc(Cl)cc2C=Nc2ccc([C@@H]3Nc4ccc(C)cc4[C@@H]4C=CC[C@H]43)cc2)cc1. The van der Waals surface area contributed by atoms with Crippen molar-refractivity contribution in [2.45, 2.75) is 37.1 Å². The first-order chi connectivity index (χ1) is 19.3. The summed E-state index contributed by atoms with van der Waals surface area (Å²) in [6, 6.07) is 26.3. The second-order valence-electron chi connectivity index (χ2n) is 10.4. The normalized spacial score (nSPS) is 19.7. The van der Waals surface area contributed by atoms with E-state index >= 15 is 0 Å². The first kappa shape index (κ1) is 26.4. The van der Waals surface area contributed by atoms with Crippen molar-refractivity contribution in [2.24, 2.45) is 10.9 Å². The van der Waals surface area contributed by atoms with Gasteiger partial charge in [-0.2, -0.15) is 8.42 Å². The highest BCUT2D eigenvalue weighted by atomic mass is 35.5. The van der Waals surface area contributed by atoms with Crippen molar-refractivity contribution in [3.63, 3.8) is 0 Å². The Bertz CT molecular complexity index is 1730. The molecule has 1 aliphatic carbocycles. The molecule has 4 aromatic carbocycles. The third kappa shape index (κ3) is 5.29. The Balaban J connectivity index is 1.23. The lowest BCUT2D eigenvalue weighted by atomic mass is 9.76. The number of benzene rings is 4. The molecule has 0 bridgehead atoms. The number of anilines is 1. The van der Waals surface area contributed by atoms with Gasteiger partial charge in [-0.25, -0.2) is 0 Å². The fourth-order valence-electron chi connectivity index (χ4n) is 5.52. The van der Waals surface area contributed by atoms with Crippen LogP contribution >= 0.6 is 11.6 Å². The molecule has 0 saturated carbocycles. The van der Waals surface area contributed by atoms with Gasteiger partial charge in [-0.05, 0) is 85.8 Å². The van der Waals surface area contributed by atoms with Crippen molar-refractivity contribution in [3.05, 3.63) is 130 Å². The summed E-state index contributed by atoms with van der Waals surface area (Å²) in [7, 11) is -4.01. The fraction of sp³-hybridized carbons (Fsp3) is 0.182. The topological polar surface area (TPSA) is 67.8 Å². The quantitative estimate of drug-likeness (QED) is 0.144. The van der Waals surface area contributed by atoms with Crippen LogP contribution in [0.5, 0.6) is 5.75 Å². The van der Waals surface area contributed by atoms with Gasteiger partial charge in [0, 0.05) is 28.4 Å². The number of nitrogens with one attached hydrogen (secondary N) is 1. The molecule has 1 N–H and O–H groups in total. The molecule has 6 rings (SSSR count). The number of fused-ring (bicyclic) bond motifs is 3. The van der Waals surface area contributed by atoms with Crippen LogP contribution < -0.4 is 9.50 Å². The van der Waals surface area contributed by atoms with Gasteiger partial charge in [-0.1, -0.05) is 71.3 Å². The van der Waals surface area contributed by atoms with Crippen molar-refractivity contribution in [2.75, 3.05) is 5.32 Å². The highest BCUT2D eigenvalue weighted by molar-refractivity contribution is 7.87. The number of aliphatic imine (C=N–C) groups is 1. The molecule has 0 fully saturated rings. The van der Waals surface area contributed by atoms with Crippen LogP contribution in [0.3, 0.4) is 0 Å². The zero-order valence-corrected chi connectivity index (χ0v) is 23.8. The maximum atomic E-state index is 12.9. The van der Waals surface area contributed by atoms with Gasteiger partial charge < -0.3 is 9.50 Å². The average Bonchev–Trinajstić information content (AvgIpc) is 3.44. The molecule has 0 amide bonds. The van der Waals surface area contributed by atoms with E-state index in [9.17, 15) is 8.42 Å². The number of halogens is 1. The third-order valence-electron chi connectivity index (χ3n) is 7.60. The molecule has 0 saturated heterocycles. The van der Waals surface area contributed by atoms with Gasteiger partial charge in [0.2, 0.25) is 0 Å². The number of nitrogens with zero attached hydrogens (tertiary/aromatic N) is 1. The Morgan fingerprint density at radius 1 is 0.925 bits per heavy atom. The van der Waals surface area contributed by atoms with Crippen LogP contribution in [0, 0.1) is 19.8 Å². The number of aryl methyl sites for hydroxylation is 2. The number of allylic oxidation sites excluding steroid dienone is 2. The number of hydrogen-bond donors (Lipinski definition) is 1. The summed E-state index contributed by atoms with van der Waals surface area (Å²) >= 11 is 6.22. The van der Waals surface area contributed by atoms with Gasteiger partial charge in [0.1, 0.15) is 4.90 Å². The first-order valence-corrected chi connectivity index (χ1v) is 15.0. The number of rotatable bonds is 6. The molecule has 40 heavy (non-hydrogen) atoms. The van der Waals surface area contributed by atoms with E-state index in [4.69, 9.17) is 15.8 Å². The standard InChI is InChI=1S/C33H29ClN2O3S/c1-21-6-14-27(15-7-21)40(37,38)39-32-17-11-25(34)19-24(32)20-35-26-12-9-23(10-13-26)33-29-5-3-4-28(29)30-18-22(2)8-16-31(30)36-33/h3-4,6-20,28-29,33,36H,5H2,1-2H3/t28-,29-,33+/m1/s1. The molecule has 0 spiro atoms. The molecule has 4 aromatic rings. The summed E-state index contributed by atoms with van der Waals surface area (Å²) in [6.45, 7) is 4.03. The van der Waals surface area contributed by atoms with Crippen LogP contribution in [-0.4, -0.2) is 14.6 Å². The molecular formula is C33H29ClN2O3S. The maximum absolute atomic E-state index is 12.9. The Hall–Kier alpha value is -3.87. The van der Waals surface area contributed by atoms with Gasteiger partial charge in [-0.3, -0.25) is 4.99 Å². The molecule has 5 nitrogen and oxygen atoms in total. The van der Waals surface area contributed by atoms with E-state index in [0.717, 1.165) is 17.7 Å². The lowest BCUT2D eigenvalue weighted by molar-refractivity contribution is 0.425. The highest BCUT2D eigenvalue weighted by Crippen LogP contribution is 2.50. The summed E-state index contributed by atoms with van der Waals surface area (Å²) in [4.78, 5) is 4.68. The zero-order chi connectivity index (χ0) is 27.9. The fourth-order valence-corrected chi connectivity index (χ4v) is 6.66. The van der Waals surface area contributed by atoms with Crippen LogP contribution in [0.4, 0.5) is 11.4 Å². The van der Waals surface area contributed by atoms with Crippen LogP contribution in [0.25, 0.3) is 0 Å². The number of hydrogen-bond acceptors (Lipinski definition) is 5. The van der Waals surface area contributed by atoms with Crippen LogP contribution in [0.2, 0.25) is 5.02 Å². The van der Waals surface area contributed by atoms with E-state index < -0.39 is 10.1 Å². The molecule has 7 heteroatoms. The summed E-state index contributed by atoms with van der Waals surface area (Å²) in [5, 5.41) is 4.23. The van der Waals surface area contributed by atoms with E-state index in [-0.39, 0.29) is 16.7 Å². The monoisotopic (exact) mass is 568 g/mol. The van der Waals surface area contributed by atoms with E-state index in [1.807, 2.05) is 19.1 Å². The van der Waals surface area contributed by atoms with E-state index in [0.29, 0.717) is 22.4 Å². The maximum Gasteiger partial charge on any atom is 0.339 e. The summed E-state index contributed by atoms with van der Waals surface area (Å²) in [6.07, 6.45) is 7.26. The minimum atomic E-state index is -4.01. The molecular weight excluding hydrogens is 540 g/mol. The Kier molecular flexibility index (Phi) is 6.99. The van der Waals surface area contributed by atoms with Gasteiger partial charge >= 0.3 is 10.1 Å². The van der Waals surface area contributed by atoms with Gasteiger partial charge in [-0.15, -0.1) is 0 Å². The zero-order valence-electron chi connectivity index (χ0n) is 22.2. The van der Waals surface area contributed by atoms with Gasteiger partial charge in [0.25, 0.3) is 0 Å². The van der Waals surface area contributed by atoms with Crippen LogP contribution in [-0.2, 0) is 10.1 Å². The molecule has 0 aromatic heterocycles. The third-order valence-corrected chi connectivity index (χ3v) is 9.09. The molecule has 0 unspecified atom stereocenters. The van der Waals surface area contributed by atoms with E-state index in [1.165, 1.54) is 34.5 Å². The van der Waals surface area contributed by atoms with Gasteiger partial charge in [0.15, 0.2) is 5.75 Å². The predicted octanol–water partition coefficient (Wildman–Crippen LogP) is 8.30. The molecule has 3 atom stereocenters. The van der Waals surface area contributed by atoms with Crippen molar-refractivity contribution in [1.82, 2.24) is 0 Å². The minimum absolute atomic E-state index is 0.0836. The molecule has 202 valence electrons. The van der Waals surface area contributed by atoms with E-state index in [1.54, 1.807) is 36.5 Å². The molecule has 1 aliphatic heterocycles. The van der Waals surface area contributed by atoms with Crippen LogP contribution in [0.1, 0.15) is 46.2 Å². The Morgan fingerprint density at radius 2 is 1.68 bits per heavy atom. The largest absolute Gasteiger partial charge is 0.378 e. The lowest BCUT2D eigenvalue weighted by Gasteiger charge is -2.37. The second kappa shape index (κ2) is 10.6. The predicted molar refractivity (Wildman–Crippen MR) is 162 cm³/mol. The Morgan fingerprint density at radius 3 is 2.45 bits per heavy atom. The molecule has 0 radical (unpaired) electrons. The summed E-state index contributed by atoms with van der Waals surface area (Å²) in [5.41, 5.74) is 7.22. The van der Waals surface area contributed by atoms with Crippen molar-refractivity contribution in [1.29, 1.82) is 0 Å². The highest BCUT2D eigenvalue weighted by Gasteiger charge is 2.37. The average molecular weight is 569 g/mol. The van der Waals surface area contributed by atoms with Crippen molar-refractivity contribution in [3.8, 4) is 5.75 Å². The van der Waals surface area contributed by atoms with Crippen molar-refractivity contribution >= 4 is 39.3 Å².